The molecule has 1 unspecified atom stereocenters. The van der Waals surface area contributed by atoms with Crippen molar-refractivity contribution in [2.45, 2.75) is 97.0 Å². The first-order valence-corrected chi connectivity index (χ1v) is 13.0. The van der Waals surface area contributed by atoms with Gasteiger partial charge in [-0.25, -0.2) is 4.57 Å². The minimum atomic E-state index is -4.33. The van der Waals surface area contributed by atoms with Crippen LogP contribution < -0.4 is 5.73 Å². The van der Waals surface area contributed by atoms with E-state index in [4.69, 9.17) is 19.7 Å². The molecule has 0 aromatic rings. The smallest absolute Gasteiger partial charge is 0.462 e. The number of carbonyl (C=O) groups is 2. The molecule has 0 aliphatic heterocycles. The quantitative estimate of drug-likeness (QED) is 0.144. The summed E-state index contributed by atoms with van der Waals surface area (Å²) in [4.78, 5) is 33.6. The molecule has 10 heteroatoms. The standard InChI is InChI=1S/C21H42NO8P/c1-3-5-7-9-10-12-13-20(23)27-17-19(18-29-31(25,26)28-16-15-22)30-21(24)14-11-8-6-4-2/h19H,3-18,22H2,1-2H3,(H,25,26)/t19-/m1/s1. The number of rotatable bonds is 21. The highest BCUT2D eigenvalue weighted by molar-refractivity contribution is 7.47. The minimum Gasteiger partial charge on any atom is -0.462 e. The van der Waals surface area contributed by atoms with Crippen LogP contribution >= 0.6 is 7.82 Å². The summed E-state index contributed by atoms with van der Waals surface area (Å²) in [5.74, 6) is -0.863. The number of phosphoric acid groups is 1. The summed E-state index contributed by atoms with van der Waals surface area (Å²) in [6, 6.07) is 0. The highest BCUT2D eigenvalue weighted by atomic mass is 31.2. The lowest BCUT2D eigenvalue weighted by Gasteiger charge is -2.19. The van der Waals surface area contributed by atoms with Gasteiger partial charge in [0.1, 0.15) is 6.61 Å². The van der Waals surface area contributed by atoms with Gasteiger partial charge in [-0.15, -0.1) is 0 Å². The Morgan fingerprint density at radius 3 is 2.00 bits per heavy atom. The molecule has 9 nitrogen and oxygen atoms in total. The SMILES string of the molecule is CCCCCCCCC(=O)OC[C@H](COP(=O)(O)OCCN)OC(=O)CCCCCC. The average molecular weight is 468 g/mol. The Balaban J connectivity index is 4.46. The first-order valence-electron chi connectivity index (χ1n) is 11.5. The third-order valence-corrected chi connectivity index (χ3v) is 5.48. The summed E-state index contributed by atoms with van der Waals surface area (Å²) >= 11 is 0. The topological polar surface area (TPSA) is 134 Å². The van der Waals surface area contributed by atoms with E-state index < -0.39 is 32.5 Å². The number of esters is 2. The molecule has 2 atom stereocenters. The van der Waals surface area contributed by atoms with Crippen molar-refractivity contribution in [1.82, 2.24) is 0 Å². The molecular formula is C21H42NO8P. The van der Waals surface area contributed by atoms with Gasteiger partial charge in [0.25, 0.3) is 0 Å². The van der Waals surface area contributed by atoms with Crippen molar-refractivity contribution < 1.29 is 37.6 Å². The fourth-order valence-electron chi connectivity index (χ4n) is 2.75. The Morgan fingerprint density at radius 1 is 0.839 bits per heavy atom. The molecule has 0 fully saturated rings. The molecule has 0 saturated carbocycles. The number of unbranched alkanes of at least 4 members (excludes halogenated alkanes) is 8. The Kier molecular flexibility index (Phi) is 19.0. The van der Waals surface area contributed by atoms with Crippen LogP contribution in [0.5, 0.6) is 0 Å². The Hall–Kier alpha value is -0.990. The van der Waals surface area contributed by atoms with Crippen LogP contribution in [0.1, 0.15) is 90.9 Å². The molecule has 0 spiro atoms. The number of hydrogen-bond donors (Lipinski definition) is 2. The third kappa shape index (κ3) is 19.4. The van der Waals surface area contributed by atoms with Crippen molar-refractivity contribution >= 4 is 19.8 Å². The monoisotopic (exact) mass is 467 g/mol. The first-order chi connectivity index (χ1) is 14.8. The second kappa shape index (κ2) is 19.7. The first kappa shape index (κ1) is 30.0. The fraction of sp³-hybridized carbons (Fsp3) is 0.905. The van der Waals surface area contributed by atoms with Gasteiger partial charge in [-0.1, -0.05) is 65.2 Å². The maximum absolute atomic E-state index is 12.1. The van der Waals surface area contributed by atoms with Crippen LogP contribution in [0.3, 0.4) is 0 Å². The van der Waals surface area contributed by atoms with Crippen molar-refractivity contribution in [2.75, 3.05) is 26.4 Å². The van der Waals surface area contributed by atoms with Gasteiger partial charge in [-0.2, -0.15) is 0 Å². The lowest BCUT2D eigenvalue weighted by molar-refractivity contribution is -0.161. The van der Waals surface area contributed by atoms with Gasteiger partial charge < -0.3 is 20.1 Å². The lowest BCUT2D eigenvalue weighted by Crippen LogP contribution is -2.29. The van der Waals surface area contributed by atoms with Crippen molar-refractivity contribution in [3.05, 3.63) is 0 Å². The summed E-state index contributed by atoms with van der Waals surface area (Å²) < 4.78 is 31.8. The largest absolute Gasteiger partial charge is 0.472 e. The molecule has 0 bridgehead atoms. The minimum absolute atomic E-state index is 0.0557. The van der Waals surface area contributed by atoms with E-state index in [1.54, 1.807) is 0 Å². The number of ether oxygens (including phenoxy) is 2. The maximum Gasteiger partial charge on any atom is 0.472 e. The molecule has 0 aliphatic rings. The zero-order chi connectivity index (χ0) is 23.4. The molecule has 0 aliphatic carbocycles. The molecule has 184 valence electrons. The van der Waals surface area contributed by atoms with E-state index in [1.807, 2.05) is 0 Å². The number of carbonyl (C=O) groups excluding carboxylic acids is 2. The van der Waals surface area contributed by atoms with E-state index in [1.165, 1.54) is 12.8 Å². The van der Waals surface area contributed by atoms with Crippen LogP contribution in [0.4, 0.5) is 0 Å². The Bertz CT molecular complexity index is 518. The molecule has 0 saturated heterocycles. The van der Waals surface area contributed by atoms with Gasteiger partial charge >= 0.3 is 19.8 Å². The van der Waals surface area contributed by atoms with E-state index in [-0.39, 0.29) is 32.6 Å². The third-order valence-electron chi connectivity index (χ3n) is 4.49. The van der Waals surface area contributed by atoms with Crippen LogP contribution in [-0.4, -0.2) is 49.3 Å². The number of phosphoric ester groups is 1. The highest BCUT2D eigenvalue weighted by Crippen LogP contribution is 2.43. The van der Waals surface area contributed by atoms with Crippen molar-refractivity contribution in [1.29, 1.82) is 0 Å². The summed E-state index contributed by atoms with van der Waals surface area (Å²) in [5, 5.41) is 0. The molecule has 0 aromatic heterocycles. The number of nitrogens with two attached hydrogens (primary N) is 1. The van der Waals surface area contributed by atoms with Crippen molar-refractivity contribution in [3.63, 3.8) is 0 Å². The zero-order valence-electron chi connectivity index (χ0n) is 19.2. The van der Waals surface area contributed by atoms with Gasteiger partial charge in [-0.3, -0.25) is 18.6 Å². The van der Waals surface area contributed by atoms with E-state index in [2.05, 4.69) is 18.4 Å². The molecule has 31 heavy (non-hydrogen) atoms. The molecule has 0 radical (unpaired) electrons. The second-order valence-electron chi connectivity index (χ2n) is 7.51. The van der Waals surface area contributed by atoms with Crippen LogP contribution in [0.25, 0.3) is 0 Å². The number of hydrogen-bond acceptors (Lipinski definition) is 8. The van der Waals surface area contributed by atoms with Gasteiger partial charge in [0, 0.05) is 19.4 Å². The van der Waals surface area contributed by atoms with Gasteiger partial charge in [-0.05, 0) is 12.8 Å². The van der Waals surface area contributed by atoms with Crippen LogP contribution in [0, 0.1) is 0 Å². The van der Waals surface area contributed by atoms with Crippen molar-refractivity contribution in [3.8, 4) is 0 Å². The summed E-state index contributed by atoms with van der Waals surface area (Å²) in [5.41, 5.74) is 5.24. The molecule has 3 N–H and O–H groups in total. The average Bonchev–Trinajstić information content (AvgIpc) is 2.74. The van der Waals surface area contributed by atoms with E-state index in [0.29, 0.717) is 6.42 Å². The van der Waals surface area contributed by atoms with Crippen LogP contribution in [-0.2, 0) is 32.7 Å². The summed E-state index contributed by atoms with van der Waals surface area (Å²) in [6.07, 6.45) is 9.50. The van der Waals surface area contributed by atoms with E-state index in [9.17, 15) is 19.0 Å². The molecule has 0 heterocycles. The maximum atomic E-state index is 12.1. The normalized spacial score (nSPS) is 14.1. The fourth-order valence-corrected chi connectivity index (χ4v) is 3.51. The van der Waals surface area contributed by atoms with E-state index in [0.717, 1.165) is 44.9 Å². The predicted molar refractivity (Wildman–Crippen MR) is 118 cm³/mol. The van der Waals surface area contributed by atoms with Gasteiger partial charge in [0.2, 0.25) is 0 Å². The Morgan fingerprint density at radius 2 is 1.39 bits per heavy atom. The van der Waals surface area contributed by atoms with Gasteiger partial charge in [0.05, 0.1) is 13.2 Å². The molecular weight excluding hydrogens is 425 g/mol. The predicted octanol–water partition coefficient (Wildman–Crippen LogP) is 4.25. The van der Waals surface area contributed by atoms with E-state index >= 15 is 0 Å². The summed E-state index contributed by atoms with van der Waals surface area (Å²) in [7, 11) is -4.33. The lowest BCUT2D eigenvalue weighted by atomic mass is 10.1. The molecule has 0 aromatic carbocycles. The molecule has 0 rings (SSSR count). The zero-order valence-corrected chi connectivity index (χ0v) is 20.1. The molecule has 0 amide bonds. The second-order valence-corrected chi connectivity index (χ2v) is 8.96. The van der Waals surface area contributed by atoms with Crippen LogP contribution in [0.15, 0.2) is 0 Å². The highest BCUT2D eigenvalue weighted by Gasteiger charge is 2.25. The van der Waals surface area contributed by atoms with Crippen LogP contribution in [0.2, 0.25) is 0 Å². The van der Waals surface area contributed by atoms with Gasteiger partial charge in [0.15, 0.2) is 6.10 Å². The summed E-state index contributed by atoms with van der Waals surface area (Å²) in [6.45, 7) is 3.46. The van der Waals surface area contributed by atoms with Crippen molar-refractivity contribution in [2.24, 2.45) is 5.73 Å². The Labute approximate surface area is 186 Å².